The number of carboxylic acids is 1. The lowest BCUT2D eigenvalue weighted by atomic mass is 10.1. The summed E-state index contributed by atoms with van der Waals surface area (Å²) in [5.41, 5.74) is 4.25. The molecule has 0 aliphatic heterocycles. The normalized spacial score (nSPS) is 10.9. The zero-order valence-electron chi connectivity index (χ0n) is 11.2. The lowest BCUT2D eigenvalue weighted by molar-refractivity contribution is 0.0690. The number of hydrogen-bond donors (Lipinski definition) is 1. The van der Waals surface area contributed by atoms with Gasteiger partial charge in [0.15, 0.2) is 11.3 Å². The highest BCUT2D eigenvalue weighted by Crippen LogP contribution is 2.23. The van der Waals surface area contributed by atoms with Crippen molar-refractivity contribution in [3.05, 3.63) is 53.3 Å². The quantitative estimate of drug-likeness (QED) is 0.775. The highest BCUT2D eigenvalue weighted by Gasteiger charge is 2.12. The van der Waals surface area contributed by atoms with Crippen molar-refractivity contribution in [1.82, 2.24) is 14.6 Å². The lowest BCUT2D eigenvalue weighted by Gasteiger charge is -2.01. The average molecular weight is 267 g/mol. The van der Waals surface area contributed by atoms with Gasteiger partial charge in [0.05, 0.1) is 5.69 Å². The smallest absolute Gasteiger partial charge is 0.354 e. The van der Waals surface area contributed by atoms with Crippen molar-refractivity contribution < 1.29 is 9.90 Å². The molecule has 0 amide bonds. The number of hydrogen-bond acceptors (Lipinski definition) is 3. The Morgan fingerprint density at radius 3 is 2.65 bits per heavy atom. The van der Waals surface area contributed by atoms with E-state index in [0.717, 1.165) is 22.5 Å². The van der Waals surface area contributed by atoms with Crippen LogP contribution < -0.4 is 0 Å². The molecule has 0 saturated heterocycles. The van der Waals surface area contributed by atoms with Crippen LogP contribution >= 0.6 is 0 Å². The second-order valence-electron chi connectivity index (χ2n) is 4.70. The number of fused-ring (bicyclic) bond motifs is 1. The van der Waals surface area contributed by atoms with E-state index >= 15 is 0 Å². The van der Waals surface area contributed by atoms with Gasteiger partial charge in [-0.2, -0.15) is 5.10 Å². The molecule has 5 nitrogen and oxygen atoms in total. The molecule has 3 rings (SSSR count). The Kier molecular flexibility index (Phi) is 2.75. The average Bonchev–Trinajstić information content (AvgIpc) is 2.83. The topological polar surface area (TPSA) is 67.5 Å². The van der Waals surface area contributed by atoms with E-state index in [4.69, 9.17) is 5.11 Å². The monoisotopic (exact) mass is 267 g/mol. The minimum absolute atomic E-state index is 0.0335. The van der Waals surface area contributed by atoms with Gasteiger partial charge in [-0.1, -0.05) is 24.3 Å². The number of aryl methyl sites for hydroxylation is 2. The van der Waals surface area contributed by atoms with Gasteiger partial charge in [-0.15, -0.1) is 0 Å². The van der Waals surface area contributed by atoms with Crippen molar-refractivity contribution in [1.29, 1.82) is 0 Å². The third kappa shape index (κ3) is 1.93. The first kappa shape index (κ1) is 12.3. The second-order valence-corrected chi connectivity index (χ2v) is 4.70. The molecule has 0 spiro atoms. The number of carboxylic acid groups (broad SMARTS) is 1. The molecule has 0 saturated carbocycles. The number of rotatable bonds is 2. The van der Waals surface area contributed by atoms with Gasteiger partial charge in [0.1, 0.15) is 0 Å². The Bertz CT molecular complexity index is 821. The number of aromatic nitrogens is 3. The third-order valence-electron chi connectivity index (χ3n) is 3.25. The van der Waals surface area contributed by atoms with E-state index < -0.39 is 5.97 Å². The molecule has 1 aromatic carbocycles. The van der Waals surface area contributed by atoms with Crippen LogP contribution in [-0.2, 0) is 0 Å². The van der Waals surface area contributed by atoms with Crippen molar-refractivity contribution in [3.63, 3.8) is 0 Å². The summed E-state index contributed by atoms with van der Waals surface area (Å²) in [6.07, 6.45) is 0. The fourth-order valence-corrected chi connectivity index (χ4v) is 2.23. The molecule has 0 bridgehead atoms. The van der Waals surface area contributed by atoms with Gasteiger partial charge >= 0.3 is 5.97 Å². The Labute approximate surface area is 115 Å². The summed E-state index contributed by atoms with van der Waals surface area (Å²) in [6, 6.07) is 11.3. The highest BCUT2D eigenvalue weighted by atomic mass is 16.4. The van der Waals surface area contributed by atoms with E-state index in [1.165, 1.54) is 6.07 Å². The Balaban J connectivity index is 2.23. The summed E-state index contributed by atoms with van der Waals surface area (Å²) in [5, 5.41) is 13.5. The van der Waals surface area contributed by atoms with Crippen molar-refractivity contribution in [2.45, 2.75) is 13.8 Å². The van der Waals surface area contributed by atoms with Gasteiger partial charge in [0.25, 0.3) is 0 Å². The summed E-state index contributed by atoms with van der Waals surface area (Å²) >= 11 is 0. The number of benzene rings is 1. The van der Waals surface area contributed by atoms with Crippen LogP contribution in [0.2, 0.25) is 0 Å². The summed E-state index contributed by atoms with van der Waals surface area (Å²) in [7, 11) is 0. The van der Waals surface area contributed by atoms with Gasteiger partial charge in [-0.3, -0.25) is 0 Å². The van der Waals surface area contributed by atoms with E-state index in [2.05, 4.69) is 10.1 Å². The molecular weight excluding hydrogens is 254 g/mol. The molecule has 100 valence electrons. The predicted molar refractivity (Wildman–Crippen MR) is 74.9 cm³/mol. The molecule has 0 radical (unpaired) electrons. The van der Waals surface area contributed by atoms with Crippen LogP contribution in [0.1, 0.15) is 21.7 Å². The molecule has 1 N–H and O–H groups in total. The van der Waals surface area contributed by atoms with Gasteiger partial charge < -0.3 is 5.11 Å². The van der Waals surface area contributed by atoms with E-state index in [0.29, 0.717) is 5.65 Å². The SMILES string of the molecule is Cc1ccccc1-c1cc2nc(C(=O)O)cc(C)n2n1. The van der Waals surface area contributed by atoms with Crippen molar-refractivity contribution in [3.8, 4) is 11.3 Å². The van der Waals surface area contributed by atoms with Crippen LogP contribution in [0.3, 0.4) is 0 Å². The Hall–Kier alpha value is -2.69. The highest BCUT2D eigenvalue weighted by molar-refractivity contribution is 5.86. The lowest BCUT2D eigenvalue weighted by Crippen LogP contribution is -2.05. The standard InChI is InChI=1S/C15H13N3O2/c1-9-5-3-4-6-11(9)12-8-14-16-13(15(19)20)7-10(2)18(14)17-12/h3-8H,1-2H3,(H,19,20). The Morgan fingerprint density at radius 1 is 1.20 bits per heavy atom. The molecule has 0 atom stereocenters. The second kappa shape index (κ2) is 4.45. The van der Waals surface area contributed by atoms with Crippen LogP contribution in [0.15, 0.2) is 36.4 Å². The van der Waals surface area contributed by atoms with Crippen LogP contribution in [0.25, 0.3) is 16.9 Å². The summed E-state index contributed by atoms with van der Waals surface area (Å²) in [5.74, 6) is -1.03. The number of carbonyl (C=O) groups is 1. The first-order chi connectivity index (χ1) is 9.56. The van der Waals surface area contributed by atoms with Crippen LogP contribution in [0.5, 0.6) is 0 Å². The van der Waals surface area contributed by atoms with Crippen molar-refractivity contribution >= 4 is 11.6 Å². The molecule has 5 heteroatoms. The molecular formula is C15H13N3O2. The molecule has 3 aromatic rings. The fraction of sp³-hybridized carbons (Fsp3) is 0.133. The zero-order valence-corrected chi connectivity index (χ0v) is 11.2. The Morgan fingerprint density at radius 2 is 1.95 bits per heavy atom. The molecule has 2 heterocycles. The van der Waals surface area contributed by atoms with E-state index in [9.17, 15) is 4.79 Å². The van der Waals surface area contributed by atoms with Gasteiger partial charge in [0, 0.05) is 17.3 Å². The molecule has 2 aromatic heterocycles. The molecule has 0 aliphatic carbocycles. The minimum atomic E-state index is -1.03. The van der Waals surface area contributed by atoms with Gasteiger partial charge in [-0.05, 0) is 25.5 Å². The first-order valence-corrected chi connectivity index (χ1v) is 6.23. The van der Waals surface area contributed by atoms with Crippen LogP contribution in [-0.4, -0.2) is 25.7 Å². The molecule has 0 unspecified atom stereocenters. The molecule has 20 heavy (non-hydrogen) atoms. The fourth-order valence-electron chi connectivity index (χ4n) is 2.23. The van der Waals surface area contributed by atoms with Crippen molar-refractivity contribution in [2.75, 3.05) is 0 Å². The maximum atomic E-state index is 11.0. The van der Waals surface area contributed by atoms with Gasteiger partial charge in [-0.25, -0.2) is 14.3 Å². The summed E-state index contributed by atoms with van der Waals surface area (Å²) in [6.45, 7) is 3.83. The largest absolute Gasteiger partial charge is 0.477 e. The van der Waals surface area contributed by atoms with Crippen molar-refractivity contribution in [2.24, 2.45) is 0 Å². The third-order valence-corrected chi connectivity index (χ3v) is 3.25. The zero-order chi connectivity index (χ0) is 14.3. The number of aromatic carboxylic acids is 1. The minimum Gasteiger partial charge on any atom is -0.477 e. The summed E-state index contributed by atoms with van der Waals surface area (Å²) in [4.78, 5) is 15.1. The number of nitrogens with zero attached hydrogens (tertiary/aromatic N) is 3. The summed E-state index contributed by atoms with van der Waals surface area (Å²) < 4.78 is 1.66. The predicted octanol–water partition coefficient (Wildman–Crippen LogP) is 2.71. The molecule has 0 fully saturated rings. The van der Waals surface area contributed by atoms with E-state index in [1.54, 1.807) is 4.52 Å². The van der Waals surface area contributed by atoms with Crippen LogP contribution in [0.4, 0.5) is 0 Å². The van der Waals surface area contributed by atoms with Crippen LogP contribution in [0, 0.1) is 13.8 Å². The first-order valence-electron chi connectivity index (χ1n) is 6.23. The molecule has 0 aliphatic rings. The van der Waals surface area contributed by atoms with E-state index in [1.807, 2.05) is 44.2 Å². The maximum absolute atomic E-state index is 11.0. The maximum Gasteiger partial charge on any atom is 0.354 e. The van der Waals surface area contributed by atoms with E-state index in [-0.39, 0.29) is 5.69 Å². The van der Waals surface area contributed by atoms with Gasteiger partial charge in [0.2, 0.25) is 0 Å².